The Morgan fingerprint density at radius 3 is 2.74 bits per heavy atom. The van der Waals surface area contributed by atoms with Crippen LogP contribution in [0.1, 0.15) is 36.3 Å². The molecule has 5 nitrogen and oxygen atoms in total. The molecule has 0 unspecified atom stereocenters. The van der Waals surface area contributed by atoms with Crippen molar-refractivity contribution in [2.75, 3.05) is 0 Å². The third-order valence-corrected chi connectivity index (χ3v) is 6.50. The number of nitrogens with two attached hydrogens (primary N) is 1. The Labute approximate surface area is 198 Å². The number of nitrogens with zero attached hydrogens (tertiary/aromatic N) is 1. The molecule has 8 heteroatoms. The van der Waals surface area contributed by atoms with Gasteiger partial charge in [-0.1, -0.05) is 45.2 Å². The van der Waals surface area contributed by atoms with Gasteiger partial charge in [0.1, 0.15) is 29.8 Å². The molecule has 2 N–H and O–H groups in total. The van der Waals surface area contributed by atoms with Crippen molar-refractivity contribution in [2.45, 2.75) is 31.8 Å². The van der Waals surface area contributed by atoms with Crippen LogP contribution in [0.4, 0.5) is 0 Å². The molecule has 0 amide bonds. The van der Waals surface area contributed by atoms with Crippen LogP contribution >= 0.6 is 39.1 Å². The summed E-state index contributed by atoms with van der Waals surface area (Å²) in [4.78, 5) is 12.8. The van der Waals surface area contributed by atoms with Crippen LogP contribution in [-0.4, -0.2) is 5.78 Å². The summed E-state index contributed by atoms with van der Waals surface area (Å²) in [7, 11) is 0. The summed E-state index contributed by atoms with van der Waals surface area (Å²) < 4.78 is 12.5. The molecule has 0 bridgehead atoms. The fourth-order valence-electron chi connectivity index (χ4n) is 3.83. The van der Waals surface area contributed by atoms with Gasteiger partial charge in [0.05, 0.1) is 16.0 Å². The molecule has 31 heavy (non-hydrogen) atoms. The molecular weight excluding hydrogens is 503 g/mol. The third kappa shape index (κ3) is 4.31. The molecule has 0 saturated carbocycles. The van der Waals surface area contributed by atoms with Crippen molar-refractivity contribution in [3.05, 3.63) is 84.8 Å². The van der Waals surface area contributed by atoms with Crippen LogP contribution in [0.25, 0.3) is 0 Å². The monoisotopic (exact) mass is 518 g/mol. The van der Waals surface area contributed by atoms with Gasteiger partial charge in [0.25, 0.3) is 0 Å². The first-order chi connectivity index (χ1) is 14.9. The van der Waals surface area contributed by atoms with E-state index in [1.165, 1.54) is 0 Å². The molecule has 0 aromatic heterocycles. The number of rotatable bonds is 4. The quantitative estimate of drug-likeness (QED) is 0.523. The summed E-state index contributed by atoms with van der Waals surface area (Å²) in [6.07, 6.45) is 1.70. The van der Waals surface area contributed by atoms with Crippen molar-refractivity contribution in [1.29, 1.82) is 5.26 Å². The van der Waals surface area contributed by atoms with Crippen molar-refractivity contribution < 1.29 is 14.3 Å². The van der Waals surface area contributed by atoms with Gasteiger partial charge in [-0.2, -0.15) is 5.26 Å². The molecule has 0 fully saturated rings. The molecule has 1 heterocycles. The lowest BCUT2D eigenvalue weighted by atomic mass is 9.77. The number of ketones is 1. The van der Waals surface area contributed by atoms with Gasteiger partial charge in [-0.15, -0.1) is 0 Å². The number of hydrogen-bond donors (Lipinski definition) is 1. The third-order valence-electron chi connectivity index (χ3n) is 5.27. The van der Waals surface area contributed by atoms with Crippen LogP contribution in [0.15, 0.2) is 63.7 Å². The van der Waals surface area contributed by atoms with E-state index in [0.717, 1.165) is 10.0 Å². The van der Waals surface area contributed by atoms with E-state index in [2.05, 4.69) is 22.0 Å². The summed E-state index contributed by atoms with van der Waals surface area (Å²) in [5.74, 6) is 0.404. The number of carbonyl (C=O) groups excluding carboxylic acids is 1. The van der Waals surface area contributed by atoms with Crippen molar-refractivity contribution >= 4 is 44.9 Å². The Bertz CT molecular complexity index is 1180. The number of halogens is 3. The Kier molecular flexibility index (Phi) is 6.29. The molecule has 0 spiro atoms. The minimum Gasteiger partial charge on any atom is -0.489 e. The van der Waals surface area contributed by atoms with Crippen molar-refractivity contribution in [2.24, 2.45) is 5.73 Å². The maximum atomic E-state index is 12.8. The Balaban J connectivity index is 1.77. The van der Waals surface area contributed by atoms with E-state index in [1.54, 1.807) is 18.2 Å². The van der Waals surface area contributed by atoms with Gasteiger partial charge in [0, 0.05) is 28.5 Å². The SMILES string of the molecule is N#CC1=C(N)OC2=C(C(=O)CCC2)[C@@H]1c1cc(Br)ccc1OCc1ccc(Cl)c(Cl)c1. The molecular formula is C23H17BrCl2N2O3. The second-order valence-corrected chi connectivity index (χ2v) is 8.99. The average Bonchev–Trinajstić information content (AvgIpc) is 2.74. The number of nitriles is 1. The maximum absolute atomic E-state index is 12.8. The smallest absolute Gasteiger partial charge is 0.205 e. The van der Waals surface area contributed by atoms with Crippen LogP contribution in [0.3, 0.4) is 0 Å². The minimum atomic E-state index is -0.650. The molecule has 158 valence electrons. The van der Waals surface area contributed by atoms with E-state index < -0.39 is 5.92 Å². The Hall–Kier alpha value is -2.46. The Morgan fingerprint density at radius 1 is 1.19 bits per heavy atom. The largest absolute Gasteiger partial charge is 0.489 e. The van der Waals surface area contributed by atoms with Crippen molar-refractivity contribution in [1.82, 2.24) is 0 Å². The predicted molar refractivity (Wildman–Crippen MR) is 121 cm³/mol. The zero-order chi connectivity index (χ0) is 22.1. The van der Waals surface area contributed by atoms with Crippen LogP contribution < -0.4 is 10.5 Å². The second kappa shape index (κ2) is 8.96. The highest BCUT2D eigenvalue weighted by molar-refractivity contribution is 9.10. The van der Waals surface area contributed by atoms with Crippen LogP contribution in [0.2, 0.25) is 10.0 Å². The van der Waals surface area contributed by atoms with E-state index in [0.29, 0.717) is 52.0 Å². The van der Waals surface area contributed by atoms with Gasteiger partial charge in [-0.3, -0.25) is 4.79 Å². The van der Waals surface area contributed by atoms with Gasteiger partial charge >= 0.3 is 0 Å². The number of Topliss-reactive ketones (excluding diaryl/α,β-unsaturated/α-hetero) is 1. The molecule has 4 rings (SSSR count). The first-order valence-corrected chi connectivity index (χ1v) is 11.1. The number of ether oxygens (including phenoxy) is 2. The van der Waals surface area contributed by atoms with Crippen LogP contribution in [0.5, 0.6) is 5.75 Å². The number of allylic oxidation sites excluding steroid dienone is 3. The van der Waals surface area contributed by atoms with Crippen molar-refractivity contribution in [3.63, 3.8) is 0 Å². The first kappa shape index (κ1) is 21.8. The molecule has 2 aromatic rings. The van der Waals surface area contributed by atoms with E-state index >= 15 is 0 Å². The number of carbonyl (C=O) groups is 1. The molecule has 2 aromatic carbocycles. The summed E-state index contributed by atoms with van der Waals surface area (Å²) in [5, 5.41) is 10.7. The second-order valence-electron chi connectivity index (χ2n) is 7.26. The van der Waals surface area contributed by atoms with E-state index in [9.17, 15) is 10.1 Å². The van der Waals surface area contributed by atoms with Gasteiger partial charge in [-0.05, 0) is 42.3 Å². The van der Waals surface area contributed by atoms with Gasteiger partial charge in [-0.25, -0.2) is 0 Å². The van der Waals surface area contributed by atoms with Gasteiger partial charge < -0.3 is 15.2 Å². The normalized spacial score (nSPS) is 18.4. The standard InChI is InChI=1S/C23H17BrCl2N2O3/c24-13-5-7-19(30-11-12-4-6-16(25)17(26)8-12)14(9-13)21-15(10-27)23(28)31-20-3-1-2-18(29)22(20)21/h4-9,21H,1-3,11,28H2/t21-/m1/s1. The summed E-state index contributed by atoms with van der Waals surface area (Å²) in [5.41, 5.74) is 8.24. The molecule has 1 aliphatic carbocycles. The van der Waals surface area contributed by atoms with Crippen LogP contribution in [0, 0.1) is 11.3 Å². The highest BCUT2D eigenvalue weighted by Crippen LogP contribution is 2.46. The summed E-state index contributed by atoms with van der Waals surface area (Å²) in [6, 6.07) is 12.9. The zero-order valence-electron chi connectivity index (χ0n) is 16.3. The fraction of sp³-hybridized carbons (Fsp3) is 0.217. The molecule has 1 atom stereocenters. The van der Waals surface area contributed by atoms with E-state index in [4.69, 9.17) is 38.4 Å². The van der Waals surface area contributed by atoms with Crippen molar-refractivity contribution in [3.8, 4) is 11.8 Å². The lowest BCUT2D eigenvalue weighted by molar-refractivity contribution is -0.116. The van der Waals surface area contributed by atoms with E-state index in [1.807, 2.05) is 18.2 Å². The van der Waals surface area contributed by atoms with E-state index in [-0.39, 0.29) is 23.8 Å². The highest BCUT2D eigenvalue weighted by Gasteiger charge is 2.39. The fourth-order valence-corrected chi connectivity index (χ4v) is 4.53. The van der Waals surface area contributed by atoms with Crippen LogP contribution in [-0.2, 0) is 16.1 Å². The van der Waals surface area contributed by atoms with Gasteiger partial charge in [0.2, 0.25) is 5.88 Å². The zero-order valence-corrected chi connectivity index (χ0v) is 19.4. The summed E-state index contributed by atoms with van der Waals surface area (Å²) >= 11 is 15.6. The molecule has 1 aliphatic heterocycles. The number of hydrogen-bond acceptors (Lipinski definition) is 5. The summed E-state index contributed by atoms with van der Waals surface area (Å²) in [6.45, 7) is 0.232. The lowest BCUT2D eigenvalue weighted by Crippen LogP contribution is -2.27. The highest BCUT2D eigenvalue weighted by atomic mass is 79.9. The first-order valence-electron chi connectivity index (χ1n) is 9.59. The topological polar surface area (TPSA) is 85.3 Å². The van der Waals surface area contributed by atoms with Gasteiger partial charge in [0.15, 0.2) is 5.78 Å². The maximum Gasteiger partial charge on any atom is 0.205 e. The lowest BCUT2D eigenvalue weighted by Gasteiger charge is -2.31. The molecule has 2 aliphatic rings. The molecule has 0 radical (unpaired) electrons. The predicted octanol–water partition coefficient (Wildman–Crippen LogP) is 6.15. The number of benzene rings is 2. The average molecular weight is 520 g/mol. The molecule has 0 saturated heterocycles. The minimum absolute atomic E-state index is 0.0244. The Morgan fingerprint density at radius 2 is 2.00 bits per heavy atom.